The normalized spacial score (nSPS) is 10.8. The van der Waals surface area contributed by atoms with Gasteiger partial charge in [0.15, 0.2) is 0 Å². The summed E-state index contributed by atoms with van der Waals surface area (Å²) in [4.78, 5) is 27.8. The number of carbonyl (C=O) groups excluding carboxylic acids is 2. The van der Waals surface area contributed by atoms with Crippen molar-refractivity contribution in [1.82, 2.24) is 4.98 Å². The molecule has 0 unspecified atom stereocenters. The van der Waals surface area contributed by atoms with Crippen LogP contribution in [0.3, 0.4) is 0 Å². The van der Waals surface area contributed by atoms with Crippen LogP contribution in [0, 0.1) is 12.7 Å². The van der Waals surface area contributed by atoms with Crippen LogP contribution >= 0.6 is 0 Å². The highest BCUT2D eigenvalue weighted by atomic mass is 19.1. The lowest BCUT2D eigenvalue weighted by atomic mass is 10.0. The summed E-state index contributed by atoms with van der Waals surface area (Å²) >= 11 is 0. The third-order valence-electron chi connectivity index (χ3n) is 4.07. The predicted molar refractivity (Wildman–Crippen MR) is 91.8 cm³/mol. The van der Waals surface area contributed by atoms with Crippen LogP contribution in [0.15, 0.2) is 42.6 Å². The molecule has 5 heteroatoms. The number of rotatable bonds is 4. The number of para-hydroxylation sites is 1. The van der Waals surface area contributed by atoms with Gasteiger partial charge in [-0.2, -0.15) is 0 Å². The van der Waals surface area contributed by atoms with Crippen LogP contribution in [0.25, 0.3) is 10.9 Å². The molecule has 0 radical (unpaired) electrons. The minimum Gasteiger partial charge on any atom is -0.360 e. The largest absolute Gasteiger partial charge is 0.360 e. The molecule has 0 spiro atoms. The van der Waals surface area contributed by atoms with Crippen LogP contribution in [0.2, 0.25) is 0 Å². The average molecular weight is 324 g/mol. The number of benzene rings is 2. The van der Waals surface area contributed by atoms with E-state index in [4.69, 9.17) is 0 Å². The fourth-order valence-electron chi connectivity index (χ4n) is 2.78. The Hall–Kier alpha value is -2.95. The number of H-pyrrole nitrogens is 1. The van der Waals surface area contributed by atoms with Gasteiger partial charge in [-0.1, -0.05) is 25.1 Å². The molecule has 2 N–H and O–H groups in total. The van der Waals surface area contributed by atoms with Gasteiger partial charge in [0.1, 0.15) is 5.82 Å². The van der Waals surface area contributed by atoms with E-state index in [1.54, 1.807) is 0 Å². The minimum atomic E-state index is -0.732. The zero-order valence-corrected chi connectivity index (χ0v) is 13.4. The molecule has 0 fully saturated rings. The highest BCUT2D eigenvalue weighted by Gasteiger charge is 2.21. The number of aromatic nitrogens is 1. The van der Waals surface area contributed by atoms with Crippen LogP contribution in [0.5, 0.6) is 0 Å². The maximum Gasteiger partial charge on any atom is 0.296 e. The van der Waals surface area contributed by atoms with Gasteiger partial charge >= 0.3 is 0 Å². The summed E-state index contributed by atoms with van der Waals surface area (Å²) < 4.78 is 13.4. The number of amides is 1. The monoisotopic (exact) mass is 324 g/mol. The molecule has 1 aromatic heterocycles. The van der Waals surface area contributed by atoms with E-state index in [2.05, 4.69) is 10.3 Å². The average Bonchev–Trinajstić information content (AvgIpc) is 2.98. The van der Waals surface area contributed by atoms with Crippen LogP contribution in [0.4, 0.5) is 10.1 Å². The van der Waals surface area contributed by atoms with Crippen molar-refractivity contribution in [2.45, 2.75) is 20.3 Å². The van der Waals surface area contributed by atoms with Crippen molar-refractivity contribution in [2.24, 2.45) is 0 Å². The highest BCUT2D eigenvalue weighted by Crippen LogP contribution is 2.23. The van der Waals surface area contributed by atoms with E-state index in [9.17, 15) is 14.0 Å². The number of hydrogen-bond acceptors (Lipinski definition) is 2. The van der Waals surface area contributed by atoms with E-state index in [1.165, 1.54) is 24.4 Å². The number of aryl methyl sites for hydroxylation is 2. The van der Waals surface area contributed by atoms with Crippen molar-refractivity contribution in [1.29, 1.82) is 0 Å². The number of aromatic amines is 1. The fraction of sp³-hybridized carbons (Fsp3) is 0.158. The molecule has 1 heterocycles. The van der Waals surface area contributed by atoms with Gasteiger partial charge in [0.2, 0.25) is 0 Å². The summed E-state index contributed by atoms with van der Waals surface area (Å²) in [6.07, 6.45) is 2.17. The van der Waals surface area contributed by atoms with E-state index < -0.39 is 17.5 Å². The molecule has 0 atom stereocenters. The SMILES string of the molecule is CCc1cccc(C)c1NC(=O)C(=O)c1c[nH]c2ccc(F)cc12. The van der Waals surface area contributed by atoms with Crippen LogP contribution in [0.1, 0.15) is 28.4 Å². The molecule has 4 nitrogen and oxygen atoms in total. The van der Waals surface area contributed by atoms with Gasteiger partial charge in [-0.15, -0.1) is 0 Å². The molecular formula is C19H17FN2O2. The van der Waals surface area contributed by atoms with E-state index in [1.807, 2.05) is 32.0 Å². The summed E-state index contributed by atoms with van der Waals surface area (Å²) in [5.41, 5.74) is 3.28. The van der Waals surface area contributed by atoms with Gasteiger partial charge in [-0.25, -0.2) is 4.39 Å². The first kappa shape index (κ1) is 15.9. The second kappa shape index (κ2) is 6.28. The fourth-order valence-corrected chi connectivity index (χ4v) is 2.78. The van der Waals surface area contributed by atoms with Gasteiger partial charge in [0.25, 0.3) is 11.7 Å². The number of ketones is 1. The molecule has 0 saturated carbocycles. The smallest absolute Gasteiger partial charge is 0.296 e. The van der Waals surface area contributed by atoms with Crippen LogP contribution in [-0.2, 0) is 11.2 Å². The number of halogens is 1. The summed E-state index contributed by atoms with van der Waals surface area (Å²) in [6.45, 7) is 3.86. The number of anilines is 1. The number of nitrogens with one attached hydrogen (secondary N) is 2. The molecule has 0 aliphatic carbocycles. The predicted octanol–water partition coefficient (Wildman–Crippen LogP) is 4.00. The first-order chi connectivity index (χ1) is 11.5. The third-order valence-corrected chi connectivity index (χ3v) is 4.07. The highest BCUT2D eigenvalue weighted by molar-refractivity contribution is 6.48. The van der Waals surface area contributed by atoms with Crippen molar-refractivity contribution < 1.29 is 14.0 Å². The summed E-state index contributed by atoms with van der Waals surface area (Å²) in [5.74, 6) is -1.88. The van der Waals surface area contributed by atoms with Crippen molar-refractivity contribution in [3.63, 3.8) is 0 Å². The molecule has 24 heavy (non-hydrogen) atoms. The Morgan fingerprint density at radius 1 is 1.21 bits per heavy atom. The molecule has 0 bridgehead atoms. The first-order valence-corrected chi connectivity index (χ1v) is 7.72. The standard InChI is InChI=1S/C19H17FN2O2/c1-3-12-6-4-5-11(2)17(12)22-19(24)18(23)15-10-21-16-8-7-13(20)9-14(15)16/h4-10,21H,3H2,1-2H3,(H,22,24). The van der Waals surface area contributed by atoms with E-state index in [-0.39, 0.29) is 5.56 Å². The first-order valence-electron chi connectivity index (χ1n) is 7.72. The number of fused-ring (bicyclic) bond motifs is 1. The van der Waals surface area contributed by atoms with Crippen molar-refractivity contribution in [3.05, 3.63) is 65.1 Å². The van der Waals surface area contributed by atoms with Crippen LogP contribution in [-0.4, -0.2) is 16.7 Å². The van der Waals surface area contributed by atoms with Gasteiger partial charge in [-0.3, -0.25) is 9.59 Å². The molecular weight excluding hydrogens is 307 g/mol. The second-order valence-electron chi connectivity index (χ2n) is 5.64. The Morgan fingerprint density at radius 3 is 2.75 bits per heavy atom. The Balaban J connectivity index is 1.93. The molecule has 1 amide bonds. The molecule has 3 rings (SSSR count). The van der Waals surface area contributed by atoms with Crippen molar-refractivity contribution >= 4 is 28.3 Å². The topological polar surface area (TPSA) is 62.0 Å². The lowest BCUT2D eigenvalue weighted by molar-refractivity contribution is -0.112. The Kier molecular flexibility index (Phi) is 4.16. The Morgan fingerprint density at radius 2 is 2.00 bits per heavy atom. The Bertz CT molecular complexity index is 944. The van der Waals surface area contributed by atoms with Crippen molar-refractivity contribution in [2.75, 3.05) is 5.32 Å². The summed E-state index contributed by atoms with van der Waals surface area (Å²) in [6, 6.07) is 9.78. The molecule has 0 aliphatic rings. The Labute approximate surface area is 138 Å². The lowest BCUT2D eigenvalue weighted by Gasteiger charge is -2.12. The maximum absolute atomic E-state index is 13.4. The molecule has 3 aromatic rings. The van der Waals surface area contributed by atoms with E-state index >= 15 is 0 Å². The van der Waals surface area contributed by atoms with Crippen LogP contribution < -0.4 is 5.32 Å². The molecule has 2 aromatic carbocycles. The zero-order valence-electron chi connectivity index (χ0n) is 13.4. The third kappa shape index (κ3) is 2.80. The van der Waals surface area contributed by atoms with Crippen molar-refractivity contribution in [3.8, 4) is 0 Å². The quantitative estimate of drug-likeness (QED) is 0.563. The number of Topliss-reactive ketones (excluding diaryl/α,β-unsaturated/α-hetero) is 1. The van der Waals surface area contributed by atoms with Gasteiger partial charge in [0, 0.05) is 22.8 Å². The van der Waals surface area contributed by atoms with Gasteiger partial charge < -0.3 is 10.3 Å². The minimum absolute atomic E-state index is 0.161. The van der Waals surface area contributed by atoms with E-state index in [0.717, 1.165) is 17.5 Å². The molecule has 122 valence electrons. The second-order valence-corrected chi connectivity index (χ2v) is 5.64. The summed E-state index contributed by atoms with van der Waals surface area (Å²) in [7, 11) is 0. The molecule has 0 aliphatic heterocycles. The van der Waals surface area contributed by atoms with Gasteiger partial charge in [-0.05, 0) is 42.7 Å². The zero-order chi connectivity index (χ0) is 17.3. The maximum atomic E-state index is 13.4. The van der Waals surface area contributed by atoms with Gasteiger partial charge in [0.05, 0.1) is 5.56 Å². The van der Waals surface area contributed by atoms with E-state index in [0.29, 0.717) is 16.6 Å². The number of hydrogen-bond donors (Lipinski definition) is 2. The lowest BCUT2D eigenvalue weighted by Crippen LogP contribution is -2.23. The molecule has 0 saturated heterocycles. The summed E-state index contributed by atoms with van der Waals surface area (Å²) in [5, 5.41) is 3.10. The number of carbonyl (C=O) groups is 2.